The lowest BCUT2D eigenvalue weighted by Gasteiger charge is -2.26. The van der Waals surface area contributed by atoms with Gasteiger partial charge in [0.25, 0.3) is 5.91 Å². The summed E-state index contributed by atoms with van der Waals surface area (Å²) >= 11 is 0. The number of anilines is 1. The van der Waals surface area contributed by atoms with Crippen molar-refractivity contribution in [2.24, 2.45) is 5.92 Å². The zero-order valence-corrected chi connectivity index (χ0v) is 19.1. The number of hydrogen-bond acceptors (Lipinski definition) is 6. The van der Waals surface area contributed by atoms with Crippen molar-refractivity contribution >= 4 is 32.5 Å². The third-order valence-corrected chi connectivity index (χ3v) is 8.73. The highest BCUT2D eigenvalue weighted by Gasteiger charge is 2.38. The molecule has 0 radical (unpaired) electrons. The highest BCUT2D eigenvalue weighted by Crippen LogP contribution is 2.37. The fourth-order valence-electron chi connectivity index (χ4n) is 4.42. The monoisotopic (exact) mass is 490 g/mol. The maximum atomic E-state index is 14.2. The summed E-state index contributed by atoms with van der Waals surface area (Å²) in [6.07, 6.45) is 5.47. The largest absolute Gasteiger partial charge is 0.381 e. The number of pyridine rings is 1. The summed E-state index contributed by atoms with van der Waals surface area (Å²) in [5, 5.41) is 6.92. The molecule has 2 fully saturated rings. The molecule has 1 aliphatic carbocycles. The Kier molecular flexibility index (Phi) is 6.07. The summed E-state index contributed by atoms with van der Waals surface area (Å²) < 4.78 is 60.2. The molecule has 1 aliphatic heterocycles. The minimum Gasteiger partial charge on any atom is -0.381 e. The highest BCUT2D eigenvalue weighted by atomic mass is 32.2. The molecule has 11 heteroatoms. The average Bonchev–Trinajstić information content (AvgIpc) is 3.60. The van der Waals surface area contributed by atoms with Crippen LogP contribution in [0.2, 0.25) is 0 Å². The van der Waals surface area contributed by atoms with Gasteiger partial charge in [-0.1, -0.05) is 6.07 Å². The van der Waals surface area contributed by atoms with Gasteiger partial charge in [0.15, 0.2) is 21.5 Å². The van der Waals surface area contributed by atoms with E-state index in [1.807, 2.05) is 0 Å². The molecule has 1 saturated carbocycles. The highest BCUT2D eigenvalue weighted by molar-refractivity contribution is 7.92. The summed E-state index contributed by atoms with van der Waals surface area (Å²) in [5.41, 5.74) is 0.501. The Morgan fingerprint density at radius 1 is 1.18 bits per heavy atom. The van der Waals surface area contributed by atoms with Crippen molar-refractivity contribution < 1.29 is 26.7 Å². The van der Waals surface area contributed by atoms with Crippen LogP contribution in [0, 0.1) is 17.6 Å². The number of nitrogens with one attached hydrogen (secondary N) is 1. The number of nitrogens with zero attached hydrogens (tertiary/aromatic N) is 3. The molecule has 1 saturated heterocycles. The first kappa shape index (κ1) is 22.9. The van der Waals surface area contributed by atoms with Crippen LogP contribution in [0.25, 0.3) is 10.9 Å². The van der Waals surface area contributed by atoms with E-state index < -0.39 is 33.4 Å². The molecular formula is C23H24F2N4O4S. The summed E-state index contributed by atoms with van der Waals surface area (Å²) in [5.74, 6) is -2.62. The van der Waals surface area contributed by atoms with Crippen LogP contribution in [0.1, 0.15) is 38.1 Å². The number of rotatable bonds is 7. The van der Waals surface area contributed by atoms with Crippen LogP contribution in [-0.2, 0) is 19.4 Å². The molecule has 5 rings (SSSR count). The molecule has 1 N–H and O–H groups in total. The van der Waals surface area contributed by atoms with E-state index in [-0.39, 0.29) is 21.9 Å². The summed E-state index contributed by atoms with van der Waals surface area (Å²) in [7, 11) is -3.48. The van der Waals surface area contributed by atoms with Crippen LogP contribution in [0.15, 0.2) is 41.6 Å². The number of benzene rings is 1. The second kappa shape index (κ2) is 9.03. The zero-order valence-electron chi connectivity index (χ0n) is 18.3. The van der Waals surface area contributed by atoms with Gasteiger partial charge in [0.05, 0.1) is 28.1 Å². The van der Waals surface area contributed by atoms with Gasteiger partial charge in [-0.25, -0.2) is 22.2 Å². The van der Waals surface area contributed by atoms with Crippen molar-refractivity contribution in [1.82, 2.24) is 14.8 Å². The summed E-state index contributed by atoms with van der Waals surface area (Å²) in [6.45, 7) is 1.16. The van der Waals surface area contributed by atoms with Gasteiger partial charge >= 0.3 is 0 Å². The molecule has 1 aromatic carbocycles. The molecule has 180 valence electrons. The lowest BCUT2D eigenvalue weighted by Crippen LogP contribution is -2.31. The first-order valence-electron chi connectivity index (χ1n) is 11.2. The second-order valence-corrected chi connectivity index (χ2v) is 11.0. The van der Waals surface area contributed by atoms with Gasteiger partial charge in [-0.2, -0.15) is 5.10 Å². The number of ether oxygens (including phenoxy) is 1. The Labute approximate surface area is 195 Å². The van der Waals surface area contributed by atoms with Crippen molar-refractivity contribution in [3.8, 4) is 0 Å². The Balaban J connectivity index is 1.52. The first-order chi connectivity index (χ1) is 16.3. The maximum absolute atomic E-state index is 14.2. The van der Waals surface area contributed by atoms with E-state index in [9.17, 15) is 22.0 Å². The lowest BCUT2D eigenvalue weighted by atomic mass is 9.92. The SMILES string of the molecule is O=C(Nc1ncc(F)cc1F)C(CC1CCOCC1)n1ncc2c(S(=O)(=O)C3CC3)cccc21. The van der Waals surface area contributed by atoms with Crippen molar-refractivity contribution in [2.45, 2.75) is 48.3 Å². The number of hydrogen-bond donors (Lipinski definition) is 1. The minimum atomic E-state index is -3.48. The number of amides is 1. The predicted molar refractivity (Wildman–Crippen MR) is 120 cm³/mol. The fourth-order valence-corrected chi connectivity index (χ4v) is 6.27. The van der Waals surface area contributed by atoms with Crippen LogP contribution in [0.3, 0.4) is 0 Å². The zero-order chi connectivity index (χ0) is 23.9. The molecule has 2 aliphatic rings. The van der Waals surface area contributed by atoms with Crippen LogP contribution in [0.5, 0.6) is 0 Å². The number of fused-ring (bicyclic) bond motifs is 1. The predicted octanol–water partition coefficient (Wildman–Crippen LogP) is 3.64. The Morgan fingerprint density at radius 3 is 2.65 bits per heavy atom. The second-order valence-electron chi connectivity index (χ2n) is 8.80. The number of sulfone groups is 1. The number of carbonyl (C=O) groups is 1. The molecule has 0 spiro atoms. The van der Waals surface area contributed by atoms with Crippen molar-refractivity contribution in [3.05, 3.63) is 48.3 Å². The number of halogens is 2. The number of aromatic nitrogens is 3. The number of carbonyl (C=O) groups excluding carboxylic acids is 1. The average molecular weight is 491 g/mol. The third kappa shape index (κ3) is 4.41. The van der Waals surface area contributed by atoms with Crippen LogP contribution >= 0.6 is 0 Å². The first-order valence-corrected chi connectivity index (χ1v) is 12.8. The van der Waals surface area contributed by atoms with Crippen molar-refractivity contribution in [2.75, 3.05) is 18.5 Å². The fraction of sp³-hybridized carbons (Fsp3) is 0.435. The molecule has 1 unspecified atom stereocenters. The van der Waals surface area contributed by atoms with Gasteiger partial charge < -0.3 is 10.1 Å². The smallest absolute Gasteiger partial charge is 0.250 e. The van der Waals surface area contributed by atoms with Gasteiger partial charge in [0.2, 0.25) is 0 Å². The molecule has 3 heterocycles. The summed E-state index contributed by atoms with van der Waals surface area (Å²) in [4.78, 5) is 17.2. The van der Waals surface area contributed by atoms with E-state index in [0.717, 1.165) is 19.0 Å². The molecule has 8 nitrogen and oxygen atoms in total. The van der Waals surface area contributed by atoms with Crippen LogP contribution in [0.4, 0.5) is 14.6 Å². The molecule has 34 heavy (non-hydrogen) atoms. The van der Waals surface area contributed by atoms with E-state index in [1.54, 1.807) is 18.2 Å². The molecule has 3 aromatic rings. The van der Waals surface area contributed by atoms with E-state index in [1.165, 1.54) is 10.9 Å². The van der Waals surface area contributed by atoms with E-state index >= 15 is 0 Å². The summed E-state index contributed by atoms with van der Waals surface area (Å²) in [6, 6.07) is 4.71. The van der Waals surface area contributed by atoms with E-state index in [4.69, 9.17) is 4.74 Å². The Bertz CT molecular complexity index is 1330. The molecular weight excluding hydrogens is 466 g/mol. The topological polar surface area (TPSA) is 103 Å². The molecule has 0 bridgehead atoms. The lowest BCUT2D eigenvalue weighted by molar-refractivity contribution is -0.120. The van der Waals surface area contributed by atoms with Crippen LogP contribution in [-0.4, -0.2) is 47.6 Å². The van der Waals surface area contributed by atoms with Crippen LogP contribution < -0.4 is 5.32 Å². The molecule has 1 atom stereocenters. The third-order valence-electron chi connectivity index (χ3n) is 6.42. The maximum Gasteiger partial charge on any atom is 0.250 e. The standard InChI is InChI=1S/C23H24F2N4O4S/c24-15-11-18(25)22(26-12-15)28-23(30)20(10-14-6-8-33-9-7-14)29-19-2-1-3-21(17(19)13-27-29)34(31,32)16-4-5-16/h1-3,11-14,16,20H,4-10H2,(H,26,28,30). The van der Waals surface area contributed by atoms with Gasteiger partial charge in [-0.05, 0) is 50.2 Å². The van der Waals surface area contributed by atoms with Crippen molar-refractivity contribution in [3.63, 3.8) is 0 Å². The molecule has 2 aromatic heterocycles. The van der Waals surface area contributed by atoms with Crippen molar-refractivity contribution in [1.29, 1.82) is 0 Å². The van der Waals surface area contributed by atoms with E-state index in [0.29, 0.717) is 49.4 Å². The van der Waals surface area contributed by atoms with Gasteiger partial charge in [0, 0.05) is 24.7 Å². The normalized spacial score (nSPS) is 18.2. The Hall–Kier alpha value is -2.92. The van der Waals surface area contributed by atoms with E-state index in [2.05, 4.69) is 15.4 Å². The van der Waals surface area contributed by atoms with Gasteiger partial charge in [0.1, 0.15) is 11.9 Å². The van der Waals surface area contributed by atoms with Gasteiger partial charge in [-0.15, -0.1) is 0 Å². The van der Waals surface area contributed by atoms with Gasteiger partial charge in [-0.3, -0.25) is 9.48 Å². The molecule has 1 amide bonds. The Morgan fingerprint density at radius 2 is 1.94 bits per heavy atom. The minimum absolute atomic E-state index is 0.160. The quantitative estimate of drug-likeness (QED) is 0.542.